The van der Waals surface area contributed by atoms with Gasteiger partial charge in [0.15, 0.2) is 0 Å². The van der Waals surface area contributed by atoms with Crippen LogP contribution in [0, 0.1) is 0 Å². The standard InChI is InChI=1S/C9H16N2O/c1-5-12-8-6-7-11(10-8)9(2,3)4/h6-7H,5H2,1-4H3. The minimum atomic E-state index is 0.0371. The number of rotatable bonds is 2. The van der Waals surface area contributed by atoms with Crippen LogP contribution in [0.2, 0.25) is 0 Å². The summed E-state index contributed by atoms with van der Waals surface area (Å²) in [5.41, 5.74) is 0.0371. The second-order valence-electron chi connectivity index (χ2n) is 3.70. The SMILES string of the molecule is CCOc1ccn(C(C)(C)C)n1. The van der Waals surface area contributed by atoms with E-state index < -0.39 is 0 Å². The Morgan fingerprint density at radius 2 is 2.17 bits per heavy atom. The molecular weight excluding hydrogens is 152 g/mol. The van der Waals surface area contributed by atoms with Gasteiger partial charge in [-0.1, -0.05) is 0 Å². The van der Waals surface area contributed by atoms with Gasteiger partial charge in [-0.15, -0.1) is 5.10 Å². The minimum absolute atomic E-state index is 0.0371. The molecule has 1 rings (SSSR count). The maximum Gasteiger partial charge on any atom is 0.232 e. The molecule has 1 aromatic heterocycles. The van der Waals surface area contributed by atoms with Crippen molar-refractivity contribution in [2.45, 2.75) is 33.2 Å². The molecule has 12 heavy (non-hydrogen) atoms. The van der Waals surface area contributed by atoms with E-state index in [2.05, 4.69) is 25.9 Å². The van der Waals surface area contributed by atoms with E-state index in [1.54, 1.807) is 0 Å². The molecule has 0 aliphatic heterocycles. The fourth-order valence-corrected chi connectivity index (χ4v) is 0.906. The molecule has 0 saturated carbocycles. The molecule has 1 aromatic rings. The molecule has 0 N–H and O–H groups in total. The van der Waals surface area contributed by atoms with Gasteiger partial charge in [-0.25, -0.2) is 0 Å². The van der Waals surface area contributed by atoms with Gasteiger partial charge < -0.3 is 4.74 Å². The van der Waals surface area contributed by atoms with Crippen LogP contribution in [0.4, 0.5) is 0 Å². The predicted octanol–water partition coefficient (Wildman–Crippen LogP) is 2.04. The highest BCUT2D eigenvalue weighted by atomic mass is 16.5. The highest BCUT2D eigenvalue weighted by Crippen LogP contribution is 2.15. The number of nitrogens with zero attached hydrogens (tertiary/aromatic N) is 2. The first-order valence-corrected chi connectivity index (χ1v) is 4.23. The molecular formula is C9H16N2O. The Labute approximate surface area is 73.3 Å². The predicted molar refractivity (Wildman–Crippen MR) is 48.4 cm³/mol. The highest BCUT2D eigenvalue weighted by Gasteiger charge is 2.13. The average molecular weight is 168 g/mol. The van der Waals surface area contributed by atoms with Crippen LogP contribution in [0.1, 0.15) is 27.7 Å². The summed E-state index contributed by atoms with van der Waals surface area (Å²) in [5, 5.41) is 4.27. The number of hydrogen-bond acceptors (Lipinski definition) is 2. The third-order valence-electron chi connectivity index (χ3n) is 1.54. The molecule has 0 aliphatic carbocycles. The third kappa shape index (κ3) is 2.00. The van der Waals surface area contributed by atoms with Crippen LogP contribution < -0.4 is 4.74 Å². The van der Waals surface area contributed by atoms with Crippen LogP contribution >= 0.6 is 0 Å². The summed E-state index contributed by atoms with van der Waals surface area (Å²) in [5.74, 6) is 0.701. The van der Waals surface area contributed by atoms with E-state index >= 15 is 0 Å². The van der Waals surface area contributed by atoms with Crippen molar-refractivity contribution >= 4 is 0 Å². The highest BCUT2D eigenvalue weighted by molar-refractivity contribution is 5.06. The topological polar surface area (TPSA) is 27.1 Å². The molecule has 0 aromatic carbocycles. The quantitative estimate of drug-likeness (QED) is 0.675. The molecule has 0 unspecified atom stereocenters. The zero-order chi connectivity index (χ0) is 9.19. The van der Waals surface area contributed by atoms with Gasteiger partial charge in [-0.2, -0.15) is 0 Å². The normalized spacial score (nSPS) is 11.7. The molecule has 0 amide bonds. The van der Waals surface area contributed by atoms with E-state index in [1.807, 2.05) is 23.9 Å². The maximum atomic E-state index is 5.25. The number of ether oxygens (including phenoxy) is 1. The summed E-state index contributed by atoms with van der Waals surface area (Å²) in [4.78, 5) is 0. The Morgan fingerprint density at radius 3 is 2.58 bits per heavy atom. The minimum Gasteiger partial charge on any atom is -0.477 e. The van der Waals surface area contributed by atoms with Crippen molar-refractivity contribution in [3.63, 3.8) is 0 Å². The lowest BCUT2D eigenvalue weighted by molar-refractivity contribution is 0.299. The second kappa shape index (κ2) is 3.17. The van der Waals surface area contributed by atoms with Crippen LogP contribution in [-0.2, 0) is 5.54 Å². The van der Waals surface area contributed by atoms with Crippen molar-refractivity contribution in [3.05, 3.63) is 12.3 Å². The monoisotopic (exact) mass is 168 g/mol. The van der Waals surface area contributed by atoms with E-state index in [0.29, 0.717) is 12.5 Å². The molecule has 0 radical (unpaired) electrons. The summed E-state index contributed by atoms with van der Waals surface area (Å²) < 4.78 is 7.15. The Hall–Kier alpha value is -0.990. The van der Waals surface area contributed by atoms with Gasteiger partial charge in [-0.3, -0.25) is 4.68 Å². The summed E-state index contributed by atoms with van der Waals surface area (Å²) >= 11 is 0. The van der Waals surface area contributed by atoms with E-state index in [0.717, 1.165) is 0 Å². The van der Waals surface area contributed by atoms with Crippen LogP contribution in [0.25, 0.3) is 0 Å². The Bertz CT molecular complexity index is 247. The molecule has 68 valence electrons. The average Bonchev–Trinajstić information content (AvgIpc) is 2.35. The summed E-state index contributed by atoms with van der Waals surface area (Å²) in [6.45, 7) is 8.94. The van der Waals surface area contributed by atoms with Crippen LogP contribution in [0.5, 0.6) is 5.88 Å². The Morgan fingerprint density at radius 1 is 1.50 bits per heavy atom. The first-order valence-electron chi connectivity index (χ1n) is 4.23. The fraction of sp³-hybridized carbons (Fsp3) is 0.667. The largest absolute Gasteiger partial charge is 0.477 e. The van der Waals surface area contributed by atoms with Crippen molar-refractivity contribution in [2.24, 2.45) is 0 Å². The van der Waals surface area contributed by atoms with Crippen LogP contribution in [-0.4, -0.2) is 16.4 Å². The van der Waals surface area contributed by atoms with Gasteiger partial charge in [0.05, 0.1) is 12.1 Å². The van der Waals surface area contributed by atoms with Gasteiger partial charge in [0.2, 0.25) is 5.88 Å². The van der Waals surface area contributed by atoms with Gasteiger partial charge >= 0.3 is 0 Å². The lowest BCUT2D eigenvalue weighted by Gasteiger charge is -2.18. The molecule has 3 heteroatoms. The smallest absolute Gasteiger partial charge is 0.232 e. The van der Waals surface area contributed by atoms with Crippen LogP contribution in [0.3, 0.4) is 0 Å². The first kappa shape index (κ1) is 9.10. The van der Waals surface area contributed by atoms with Gasteiger partial charge in [0.25, 0.3) is 0 Å². The second-order valence-corrected chi connectivity index (χ2v) is 3.70. The van der Waals surface area contributed by atoms with Crippen molar-refractivity contribution in [1.82, 2.24) is 9.78 Å². The first-order chi connectivity index (χ1) is 5.54. The molecule has 0 saturated heterocycles. The van der Waals surface area contributed by atoms with E-state index in [1.165, 1.54) is 0 Å². The van der Waals surface area contributed by atoms with Gasteiger partial charge in [-0.05, 0) is 27.7 Å². The van der Waals surface area contributed by atoms with Crippen molar-refractivity contribution < 1.29 is 4.74 Å². The maximum absolute atomic E-state index is 5.25. The third-order valence-corrected chi connectivity index (χ3v) is 1.54. The lowest BCUT2D eigenvalue weighted by atomic mass is 10.1. The molecule has 0 aliphatic rings. The zero-order valence-corrected chi connectivity index (χ0v) is 8.16. The fourth-order valence-electron chi connectivity index (χ4n) is 0.906. The zero-order valence-electron chi connectivity index (χ0n) is 8.16. The van der Waals surface area contributed by atoms with Crippen molar-refractivity contribution in [1.29, 1.82) is 0 Å². The number of hydrogen-bond donors (Lipinski definition) is 0. The van der Waals surface area contributed by atoms with Gasteiger partial charge in [0, 0.05) is 12.3 Å². The van der Waals surface area contributed by atoms with Crippen molar-refractivity contribution in [3.8, 4) is 5.88 Å². The van der Waals surface area contributed by atoms with E-state index in [9.17, 15) is 0 Å². The van der Waals surface area contributed by atoms with Crippen LogP contribution in [0.15, 0.2) is 12.3 Å². The molecule has 1 heterocycles. The summed E-state index contributed by atoms with van der Waals surface area (Å²) in [6, 6.07) is 1.88. The lowest BCUT2D eigenvalue weighted by Crippen LogP contribution is -2.22. The Balaban J connectivity index is 2.77. The summed E-state index contributed by atoms with van der Waals surface area (Å²) in [7, 11) is 0. The van der Waals surface area contributed by atoms with Gasteiger partial charge in [0.1, 0.15) is 0 Å². The van der Waals surface area contributed by atoms with E-state index in [4.69, 9.17) is 4.74 Å². The number of aromatic nitrogens is 2. The Kier molecular flexibility index (Phi) is 2.40. The molecule has 0 fully saturated rings. The summed E-state index contributed by atoms with van der Waals surface area (Å²) in [6.07, 6.45) is 1.94. The molecule has 0 spiro atoms. The molecule has 3 nitrogen and oxygen atoms in total. The molecule has 0 atom stereocenters. The van der Waals surface area contributed by atoms with Crippen molar-refractivity contribution in [2.75, 3.05) is 6.61 Å². The van der Waals surface area contributed by atoms with E-state index in [-0.39, 0.29) is 5.54 Å². The molecule has 0 bridgehead atoms.